The Labute approximate surface area is 205 Å². The molecule has 33 heavy (non-hydrogen) atoms. The summed E-state index contributed by atoms with van der Waals surface area (Å²) >= 11 is 13.4. The van der Waals surface area contributed by atoms with E-state index in [-0.39, 0.29) is 18.3 Å². The number of nitrogens with zero attached hydrogens (tertiary/aromatic N) is 3. The molecule has 1 amide bonds. The maximum absolute atomic E-state index is 12.5. The number of nitrogens with one attached hydrogen (secondary N) is 1. The van der Waals surface area contributed by atoms with Crippen LogP contribution in [0, 0.1) is 0 Å². The number of rotatable bonds is 11. The minimum atomic E-state index is -0.222. The van der Waals surface area contributed by atoms with E-state index in [0.29, 0.717) is 50.5 Å². The van der Waals surface area contributed by atoms with Gasteiger partial charge in [-0.1, -0.05) is 41.0 Å². The molecule has 0 aliphatic carbocycles. The van der Waals surface area contributed by atoms with Gasteiger partial charge in [-0.25, -0.2) is 0 Å². The predicted molar refractivity (Wildman–Crippen MR) is 130 cm³/mol. The Hall–Kier alpha value is -2.88. The summed E-state index contributed by atoms with van der Waals surface area (Å²) in [5, 5.41) is 12.7. The Balaban J connectivity index is 1.65. The fraction of sp³-hybridized carbons (Fsp3) is 0.227. The molecule has 0 unspecified atom stereocenters. The summed E-state index contributed by atoms with van der Waals surface area (Å²) in [6.45, 7) is 4.35. The summed E-state index contributed by atoms with van der Waals surface area (Å²) in [7, 11) is 3.09. The van der Waals surface area contributed by atoms with Crippen molar-refractivity contribution in [3.63, 3.8) is 0 Å². The molecule has 1 aromatic heterocycles. The van der Waals surface area contributed by atoms with Gasteiger partial charge in [-0.2, -0.15) is 0 Å². The lowest BCUT2D eigenvalue weighted by atomic mass is 10.2. The van der Waals surface area contributed by atoms with Gasteiger partial charge in [0.1, 0.15) is 23.9 Å². The van der Waals surface area contributed by atoms with E-state index in [1.165, 1.54) is 18.9 Å². The molecule has 8 nitrogen and oxygen atoms in total. The number of allylic oxidation sites excluding steroid dienone is 1. The molecule has 2 aromatic carbocycles. The van der Waals surface area contributed by atoms with Crippen molar-refractivity contribution in [2.45, 2.75) is 18.3 Å². The summed E-state index contributed by atoms with van der Waals surface area (Å²) in [5.41, 5.74) is 0.545. The second kappa shape index (κ2) is 11.8. The van der Waals surface area contributed by atoms with E-state index in [4.69, 9.17) is 37.4 Å². The molecule has 0 atom stereocenters. The maximum Gasteiger partial charge on any atom is 0.234 e. The number of carbonyl (C=O) groups excluding carboxylic acids is 1. The Bertz CT molecular complexity index is 1140. The van der Waals surface area contributed by atoms with E-state index in [1.54, 1.807) is 49.6 Å². The van der Waals surface area contributed by atoms with E-state index in [9.17, 15) is 4.79 Å². The molecule has 0 radical (unpaired) electrons. The van der Waals surface area contributed by atoms with Crippen LogP contribution in [0.2, 0.25) is 10.0 Å². The molecular weight excluding hydrogens is 487 g/mol. The summed E-state index contributed by atoms with van der Waals surface area (Å²) in [6, 6.07) is 10.1. The molecule has 174 valence electrons. The lowest BCUT2D eigenvalue weighted by Gasteiger charge is -2.12. The molecule has 0 saturated carbocycles. The zero-order valence-electron chi connectivity index (χ0n) is 18.0. The van der Waals surface area contributed by atoms with Gasteiger partial charge in [0.15, 0.2) is 11.0 Å². The first-order chi connectivity index (χ1) is 15.9. The van der Waals surface area contributed by atoms with Crippen LogP contribution in [0.25, 0.3) is 0 Å². The normalized spacial score (nSPS) is 10.5. The van der Waals surface area contributed by atoms with Crippen LogP contribution in [-0.2, 0) is 17.9 Å². The van der Waals surface area contributed by atoms with Gasteiger partial charge in [0.05, 0.1) is 30.7 Å². The number of anilines is 1. The van der Waals surface area contributed by atoms with Gasteiger partial charge in [0, 0.05) is 23.7 Å². The minimum absolute atomic E-state index is 0.117. The number of aromatic nitrogens is 3. The first kappa shape index (κ1) is 24.8. The van der Waals surface area contributed by atoms with Crippen LogP contribution in [0.15, 0.2) is 54.2 Å². The van der Waals surface area contributed by atoms with Crippen LogP contribution < -0.4 is 19.5 Å². The highest BCUT2D eigenvalue weighted by molar-refractivity contribution is 7.99. The third-order valence-electron chi connectivity index (χ3n) is 4.37. The van der Waals surface area contributed by atoms with E-state index >= 15 is 0 Å². The molecule has 0 saturated heterocycles. The lowest BCUT2D eigenvalue weighted by Crippen LogP contribution is -2.15. The average molecular weight is 509 g/mol. The average Bonchev–Trinajstić information content (AvgIpc) is 3.20. The Morgan fingerprint density at radius 2 is 1.97 bits per heavy atom. The number of ether oxygens (including phenoxy) is 3. The number of amides is 1. The fourth-order valence-electron chi connectivity index (χ4n) is 2.79. The monoisotopic (exact) mass is 508 g/mol. The van der Waals surface area contributed by atoms with Crippen molar-refractivity contribution >= 4 is 46.6 Å². The molecule has 3 rings (SSSR count). The second-order valence-corrected chi connectivity index (χ2v) is 8.35. The van der Waals surface area contributed by atoms with E-state index < -0.39 is 0 Å². The van der Waals surface area contributed by atoms with Crippen LogP contribution in [0.3, 0.4) is 0 Å². The zero-order chi connectivity index (χ0) is 23.8. The number of carbonyl (C=O) groups is 1. The van der Waals surface area contributed by atoms with Crippen LogP contribution in [0.1, 0.15) is 5.82 Å². The van der Waals surface area contributed by atoms with Crippen molar-refractivity contribution in [2.75, 3.05) is 25.3 Å². The molecule has 0 bridgehead atoms. The Kier molecular flexibility index (Phi) is 8.87. The van der Waals surface area contributed by atoms with Crippen molar-refractivity contribution < 1.29 is 19.0 Å². The number of hydrogen-bond acceptors (Lipinski definition) is 7. The molecule has 3 aromatic rings. The van der Waals surface area contributed by atoms with Crippen LogP contribution in [-0.4, -0.2) is 40.6 Å². The number of halogens is 2. The molecule has 1 heterocycles. The number of hydrogen-bond donors (Lipinski definition) is 1. The van der Waals surface area contributed by atoms with Gasteiger partial charge >= 0.3 is 0 Å². The quantitative estimate of drug-likeness (QED) is 0.284. The SMILES string of the molecule is C=CCn1c(COc2cc(Cl)ccc2Cl)nnc1SCC(=O)Nc1ccc(OC)cc1OC. The molecule has 0 fully saturated rings. The van der Waals surface area contributed by atoms with Crippen LogP contribution in [0.4, 0.5) is 5.69 Å². The molecule has 11 heteroatoms. The van der Waals surface area contributed by atoms with Crippen molar-refractivity contribution in [3.8, 4) is 17.2 Å². The van der Waals surface area contributed by atoms with Crippen molar-refractivity contribution in [1.82, 2.24) is 14.8 Å². The molecule has 0 aliphatic rings. The predicted octanol–water partition coefficient (Wildman–Crippen LogP) is 5.10. The molecule has 1 N–H and O–H groups in total. The topological polar surface area (TPSA) is 87.5 Å². The highest BCUT2D eigenvalue weighted by Crippen LogP contribution is 2.30. The number of methoxy groups -OCH3 is 2. The van der Waals surface area contributed by atoms with Gasteiger partial charge < -0.3 is 19.5 Å². The van der Waals surface area contributed by atoms with Crippen molar-refractivity contribution in [2.24, 2.45) is 0 Å². The first-order valence-electron chi connectivity index (χ1n) is 9.70. The third-order valence-corrected chi connectivity index (χ3v) is 5.88. The van der Waals surface area contributed by atoms with Gasteiger partial charge in [0.2, 0.25) is 5.91 Å². The largest absolute Gasteiger partial charge is 0.497 e. The van der Waals surface area contributed by atoms with Crippen LogP contribution in [0.5, 0.6) is 17.2 Å². The third kappa shape index (κ3) is 6.56. The number of benzene rings is 2. The molecule has 0 spiro atoms. The van der Waals surface area contributed by atoms with Crippen molar-refractivity contribution in [1.29, 1.82) is 0 Å². The summed E-state index contributed by atoms with van der Waals surface area (Å²) in [6.07, 6.45) is 1.71. The molecule has 0 aliphatic heterocycles. The van der Waals surface area contributed by atoms with Gasteiger partial charge in [-0.15, -0.1) is 16.8 Å². The highest BCUT2D eigenvalue weighted by Gasteiger charge is 2.16. The van der Waals surface area contributed by atoms with Crippen molar-refractivity contribution in [3.05, 3.63) is 64.9 Å². The maximum atomic E-state index is 12.5. The summed E-state index contributed by atoms with van der Waals surface area (Å²) in [5.74, 6) is 2.03. The Morgan fingerprint density at radius 3 is 2.70 bits per heavy atom. The lowest BCUT2D eigenvalue weighted by molar-refractivity contribution is -0.113. The van der Waals surface area contributed by atoms with E-state index in [2.05, 4.69) is 22.1 Å². The smallest absolute Gasteiger partial charge is 0.234 e. The standard InChI is InChI=1S/C22H22Cl2N4O4S/c1-4-9-28-20(12-32-18-10-14(23)5-7-16(18)24)26-27-22(28)33-13-21(29)25-17-8-6-15(30-2)11-19(17)31-3/h4-8,10-11H,1,9,12-13H2,2-3H3,(H,25,29). The first-order valence-corrected chi connectivity index (χ1v) is 11.4. The van der Waals surface area contributed by atoms with Gasteiger partial charge in [0.25, 0.3) is 0 Å². The van der Waals surface area contributed by atoms with Gasteiger partial charge in [-0.05, 0) is 24.3 Å². The van der Waals surface area contributed by atoms with E-state index in [1.807, 2.05) is 4.57 Å². The highest BCUT2D eigenvalue weighted by atomic mass is 35.5. The summed E-state index contributed by atoms with van der Waals surface area (Å²) in [4.78, 5) is 12.5. The number of thioether (sulfide) groups is 1. The van der Waals surface area contributed by atoms with E-state index in [0.717, 1.165) is 0 Å². The molecular formula is C22H22Cl2N4O4S. The van der Waals surface area contributed by atoms with Crippen LogP contribution >= 0.6 is 35.0 Å². The second-order valence-electron chi connectivity index (χ2n) is 6.56. The summed E-state index contributed by atoms with van der Waals surface area (Å²) < 4.78 is 18.1. The zero-order valence-corrected chi connectivity index (χ0v) is 20.3. The Morgan fingerprint density at radius 1 is 1.15 bits per heavy atom. The fourth-order valence-corrected chi connectivity index (χ4v) is 3.89. The van der Waals surface area contributed by atoms with Gasteiger partial charge in [-0.3, -0.25) is 9.36 Å². The minimum Gasteiger partial charge on any atom is -0.497 e.